The SMILES string of the molecule is CCCN(C(=O)COc1ccccc1-c1ccccc1)C1CCS(=O)(=O)C1. The second kappa shape index (κ2) is 8.57. The summed E-state index contributed by atoms with van der Waals surface area (Å²) < 4.78 is 29.4. The van der Waals surface area contributed by atoms with Gasteiger partial charge in [0.2, 0.25) is 0 Å². The van der Waals surface area contributed by atoms with Crippen LogP contribution in [-0.2, 0) is 14.6 Å². The molecule has 0 N–H and O–H groups in total. The highest BCUT2D eigenvalue weighted by atomic mass is 32.2. The van der Waals surface area contributed by atoms with E-state index in [1.807, 2.05) is 61.5 Å². The number of rotatable bonds is 7. The van der Waals surface area contributed by atoms with Gasteiger partial charge >= 0.3 is 0 Å². The van der Waals surface area contributed by atoms with Crippen LogP contribution in [0.3, 0.4) is 0 Å². The lowest BCUT2D eigenvalue weighted by Gasteiger charge is -2.28. The zero-order valence-corrected chi connectivity index (χ0v) is 16.3. The quantitative estimate of drug-likeness (QED) is 0.732. The Morgan fingerprint density at radius 3 is 2.48 bits per heavy atom. The Kier molecular flexibility index (Phi) is 6.16. The minimum atomic E-state index is -3.04. The van der Waals surface area contributed by atoms with Crippen LogP contribution < -0.4 is 4.74 Å². The Bertz CT molecular complexity index is 880. The van der Waals surface area contributed by atoms with Gasteiger partial charge in [-0.15, -0.1) is 0 Å². The van der Waals surface area contributed by atoms with Gasteiger partial charge in [0, 0.05) is 18.2 Å². The lowest BCUT2D eigenvalue weighted by atomic mass is 10.1. The fourth-order valence-corrected chi connectivity index (χ4v) is 5.17. The zero-order valence-electron chi connectivity index (χ0n) is 15.5. The molecular weight excluding hydrogens is 362 g/mol. The Balaban J connectivity index is 1.71. The predicted molar refractivity (Wildman–Crippen MR) is 106 cm³/mol. The van der Waals surface area contributed by atoms with Crippen molar-refractivity contribution in [2.45, 2.75) is 25.8 Å². The van der Waals surface area contributed by atoms with E-state index in [0.29, 0.717) is 18.7 Å². The van der Waals surface area contributed by atoms with Crippen molar-refractivity contribution < 1.29 is 17.9 Å². The number of benzene rings is 2. The summed E-state index contributed by atoms with van der Waals surface area (Å²) in [6.07, 6.45) is 1.29. The van der Waals surface area contributed by atoms with Crippen LogP contribution >= 0.6 is 0 Å². The lowest BCUT2D eigenvalue weighted by molar-refractivity contribution is -0.135. The van der Waals surface area contributed by atoms with Crippen molar-refractivity contribution in [2.75, 3.05) is 24.7 Å². The van der Waals surface area contributed by atoms with Crippen LogP contribution in [0.2, 0.25) is 0 Å². The fraction of sp³-hybridized carbons (Fsp3) is 0.381. The van der Waals surface area contributed by atoms with Crippen LogP contribution in [0.25, 0.3) is 11.1 Å². The summed E-state index contributed by atoms with van der Waals surface area (Å²) in [4.78, 5) is 14.4. The number of hydrogen-bond acceptors (Lipinski definition) is 4. The summed E-state index contributed by atoms with van der Waals surface area (Å²) in [5.41, 5.74) is 1.95. The van der Waals surface area contributed by atoms with Crippen LogP contribution in [0.1, 0.15) is 19.8 Å². The highest BCUT2D eigenvalue weighted by Crippen LogP contribution is 2.29. The van der Waals surface area contributed by atoms with Crippen molar-refractivity contribution in [1.29, 1.82) is 0 Å². The van der Waals surface area contributed by atoms with Gasteiger partial charge in [-0.2, -0.15) is 0 Å². The molecule has 0 bridgehead atoms. The third-order valence-corrected chi connectivity index (χ3v) is 6.51. The van der Waals surface area contributed by atoms with Crippen molar-refractivity contribution in [3.63, 3.8) is 0 Å². The van der Waals surface area contributed by atoms with E-state index in [0.717, 1.165) is 17.5 Å². The average molecular weight is 388 g/mol. The van der Waals surface area contributed by atoms with Crippen LogP contribution in [0.4, 0.5) is 0 Å². The molecule has 1 aliphatic rings. The molecule has 1 fully saturated rings. The first-order valence-corrected chi connectivity index (χ1v) is 11.1. The van der Waals surface area contributed by atoms with E-state index in [1.165, 1.54) is 0 Å². The summed E-state index contributed by atoms with van der Waals surface area (Å²) in [5.74, 6) is 0.691. The first-order chi connectivity index (χ1) is 13.0. The van der Waals surface area contributed by atoms with E-state index in [-0.39, 0.29) is 30.1 Å². The first kappa shape index (κ1) is 19.4. The van der Waals surface area contributed by atoms with Gasteiger partial charge in [-0.05, 0) is 24.5 Å². The maximum absolute atomic E-state index is 12.8. The van der Waals surface area contributed by atoms with Gasteiger partial charge < -0.3 is 9.64 Å². The topological polar surface area (TPSA) is 63.7 Å². The van der Waals surface area contributed by atoms with E-state index < -0.39 is 9.84 Å². The number of ether oxygens (including phenoxy) is 1. The fourth-order valence-electron chi connectivity index (χ4n) is 3.44. The number of carbonyl (C=O) groups is 1. The molecule has 27 heavy (non-hydrogen) atoms. The summed E-state index contributed by atoms with van der Waals surface area (Å²) in [5, 5.41) is 0. The summed E-state index contributed by atoms with van der Waals surface area (Å²) >= 11 is 0. The molecule has 1 saturated heterocycles. The van der Waals surface area contributed by atoms with Crippen molar-refractivity contribution in [2.24, 2.45) is 0 Å². The maximum atomic E-state index is 12.8. The van der Waals surface area contributed by atoms with Crippen LogP contribution in [0.5, 0.6) is 5.75 Å². The molecule has 144 valence electrons. The molecule has 0 spiro atoms. The third kappa shape index (κ3) is 4.89. The van der Waals surface area contributed by atoms with Gasteiger partial charge in [-0.25, -0.2) is 8.42 Å². The van der Waals surface area contributed by atoms with E-state index in [9.17, 15) is 13.2 Å². The van der Waals surface area contributed by atoms with E-state index in [4.69, 9.17) is 4.74 Å². The number of nitrogens with zero attached hydrogens (tertiary/aromatic N) is 1. The Hall–Kier alpha value is -2.34. The number of sulfone groups is 1. The average Bonchev–Trinajstić information content (AvgIpc) is 3.04. The number of hydrogen-bond donors (Lipinski definition) is 0. The standard InChI is InChI=1S/C21H25NO4S/c1-2-13-22(18-12-14-27(24,25)16-18)21(23)15-26-20-11-7-6-10-19(20)17-8-4-3-5-9-17/h3-11,18H,2,12-16H2,1H3. The molecule has 1 amide bonds. The molecule has 0 radical (unpaired) electrons. The second-order valence-electron chi connectivity index (χ2n) is 6.79. The summed E-state index contributed by atoms with van der Waals surface area (Å²) in [6.45, 7) is 2.43. The first-order valence-electron chi connectivity index (χ1n) is 9.27. The van der Waals surface area contributed by atoms with Crippen LogP contribution in [-0.4, -0.2) is 49.9 Å². The molecule has 1 aliphatic heterocycles. The second-order valence-corrected chi connectivity index (χ2v) is 9.02. The predicted octanol–water partition coefficient (Wildman–Crippen LogP) is 3.16. The minimum Gasteiger partial charge on any atom is -0.483 e. The van der Waals surface area contributed by atoms with Crippen molar-refractivity contribution in [3.8, 4) is 16.9 Å². The molecule has 5 nitrogen and oxygen atoms in total. The van der Waals surface area contributed by atoms with Gasteiger partial charge in [0.05, 0.1) is 11.5 Å². The summed E-state index contributed by atoms with van der Waals surface area (Å²) in [6, 6.07) is 17.2. The maximum Gasteiger partial charge on any atom is 0.260 e. The molecule has 3 rings (SSSR count). The highest BCUT2D eigenvalue weighted by molar-refractivity contribution is 7.91. The van der Waals surface area contributed by atoms with Crippen molar-refractivity contribution >= 4 is 15.7 Å². The van der Waals surface area contributed by atoms with Crippen LogP contribution in [0.15, 0.2) is 54.6 Å². The van der Waals surface area contributed by atoms with E-state index in [2.05, 4.69) is 0 Å². The molecule has 6 heteroatoms. The van der Waals surface area contributed by atoms with Gasteiger partial charge in [0.1, 0.15) is 5.75 Å². The number of amides is 1. The van der Waals surface area contributed by atoms with Gasteiger partial charge in [-0.3, -0.25) is 4.79 Å². The largest absolute Gasteiger partial charge is 0.483 e. The molecule has 1 atom stereocenters. The lowest BCUT2D eigenvalue weighted by Crippen LogP contribution is -2.44. The minimum absolute atomic E-state index is 0.0549. The molecule has 1 heterocycles. The van der Waals surface area contributed by atoms with Crippen molar-refractivity contribution in [3.05, 3.63) is 54.6 Å². The van der Waals surface area contributed by atoms with E-state index in [1.54, 1.807) is 4.90 Å². The van der Waals surface area contributed by atoms with Crippen molar-refractivity contribution in [1.82, 2.24) is 4.90 Å². The van der Waals surface area contributed by atoms with Gasteiger partial charge in [-0.1, -0.05) is 55.5 Å². The molecule has 1 unspecified atom stereocenters. The smallest absolute Gasteiger partial charge is 0.260 e. The normalized spacial score (nSPS) is 18.2. The van der Waals surface area contributed by atoms with E-state index >= 15 is 0 Å². The Labute approximate surface area is 160 Å². The monoisotopic (exact) mass is 387 g/mol. The molecule has 2 aromatic rings. The Morgan fingerprint density at radius 1 is 1.11 bits per heavy atom. The van der Waals surface area contributed by atoms with Crippen LogP contribution in [0, 0.1) is 0 Å². The zero-order chi connectivity index (χ0) is 19.3. The molecule has 0 saturated carbocycles. The van der Waals surface area contributed by atoms with Gasteiger partial charge in [0.15, 0.2) is 16.4 Å². The Morgan fingerprint density at radius 2 is 1.81 bits per heavy atom. The molecular formula is C21H25NO4S. The molecule has 0 aliphatic carbocycles. The summed E-state index contributed by atoms with van der Waals surface area (Å²) in [7, 11) is -3.04. The molecule has 0 aromatic heterocycles. The van der Waals surface area contributed by atoms with Gasteiger partial charge in [0.25, 0.3) is 5.91 Å². The molecule has 2 aromatic carbocycles. The number of carbonyl (C=O) groups excluding carboxylic acids is 1. The third-order valence-electron chi connectivity index (χ3n) is 4.76. The highest BCUT2D eigenvalue weighted by Gasteiger charge is 2.34. The number of para-hydroxylation sites is 1.